The van der Waals surface area contributed by atoms with Gasteiger partial charge in [-0.25, -0.2) is 4.79 Å². The number of hydrogen-bond acceptors (Lipinski definition) is 7. The van der Waals surface area contributed by atoms with Gasteiger partial charge in [0.25, 0.3) is 5.56 Å². The van der Waals surface area contributed by atoms with Crippen LogP contribution in [-0.2, 0) is 19.5 Å². The van der Waals surface area contributed by atoms with Gasteiger partial charge in [0.2, 0.25) is 11.2 Å². The molecule has 0 spiro atoms. The molecule has 11 heteroatoms. The lowest BCUT2D eigenvalue weighted by molar-refractivity contribution is 0.267. The molecule has 166 valence electrons. The Morgan fingerprint density at radius 2 is 2.00 bits per heavy atom. The van der Waals surface area contributed by atoms with Gasteiger partial charge in [-0.2, -0.15) is 9.97 Å². The van der Waals surface area contributed by atoms with E-state index in [1.54, 1.807) is 0 Å². The van der Waals surface area contributed by atoms with E-state index in [-0.39, 0.29) is 22.5 Å². The predicted molar refractivity (Wildman–Crippen MR) is 116 cm³/mol. The van der Waals surface area contributed by atoms with E-state index < -0.39 is 5.56 Å². The number of aryl methyl sites for hydroxylation is 2. The first-order chi connectivity index (χ1) is 15.0. The molecule has 0 radical (unpaired) electrons. The van der Waals surface area contributed by atoms with Gasteiger partial charge in [-0.3, -0.25) is 13.9 Å². The Balaban J connectivity index is 1.44. The normalized spacial score (nSPS) is 16.1. The van der Waals surface area contributed by atoms with Gasteiger partial charge < -0.3 is 14.4 Å². The second-order valence-corrected chi connectivity index (χ2v) is 8.14. The smallest absolute Gasteiger partial charge is 0.332 e. The van der Waals surface area contributed by atoms with Gasteiger partial charge in [0.15, 0.2) is 17.0 Å². The van der Waals surface area contributed by atoms with Crippen LogP contribution in [0.1, 0.15) is 56.8 Å². The fourth-order valence-corrected chi connectivity index (χ4v) is 3.99. The van der Waals surface area contributed by atoms with Crippen molar-refractivity contribution in [1.29, 1.82) is 0 Å². The number of aromatic nitrogens is 6. The molecule has 0 saturated carbocycles. The third-order valence-electron chi connectivity index (χ3n) is 5.56. The van der Waals surface area contributed by atoms with Crippen LogP contribution in [-0.4, -0.2) is 41.2 Å². The van der Waals surface area contributed by atoms with Gasteiger partial charge in [-0.05, 0) is 43.5 Å². The second kappa shape index (κ2) is 9.09. The SMILES string of the molecule is CCCCn1c(=O)n(CCCCc2noc(C3CC=CN3C)n2)c(=O)c2[nH]c(Cl)nc21. The number of aromatic amines is 1. The zero-order chi connectivity index (χ0) is 22.0. The van der Waals surface area contributed by atoms with Crippen molar-refractivity contribution < 1.29 is 4.52 Å². The molecule has 0 aliphatic carbocycles. The third-order valence-corrected chi connectivity index (χ3v) is 5.74. The number of rotatable bonds is 9. The Labute approximate surface area is 183 Å². The van der Waals surface area contributed by atoms with Crippen LogP contribution in [0, 0.1) is 0 Å². The molecular formula is C20H26ClN7O3. The fourth-order valence-electron chi connectivity index (χ4n) is 3.81. The summed E-state index contributed by atoms with van der Waals surface area (Å²) in [6.45, 7) is 2.83. The highest BCUT2D eigenvalue weighted by Crippen LogP contribution is 2.27. The molecule has 0 bridgehead atoms. The fraction of sp³-hybridized carbons (Fsp3) is 0.550. The molecule has 1 N–H and O–H groups in total. The van der Waals surface area contributed by atoms with E-state index in [9.17, 15) is 9.59 Å². The van der Waals surface area contributed by atoms with Gasteiger partial charge in [0.05, 0.1) is 0 Å². The first-order valence-corrected chi connectivity index (χ1v) is 11.0. The van der Waals surface area contributed by atoms with E-state index in [0.29, 0.717) is 43.3 Å². The van der Waals surface area contributed by atoms with Crippen molar-refractivity contribution in [2.75, 3.05) is 7.05 Å². The molecule has 0 saturated heterocycles. The van der Waals surface area contributed by atoms with Crippen LogP contribution in [0.5, 0.6) is 0 Å². The molecule has 0 fully saturated rings. The van der Waals surface area contributed by atoms with Crippen LogP contribution in [0.4, 0.5) is 0 Å². The van der Waals surface area contributed by atoms with E-state index in [0.717, 1.165) is 25.7 Å². The third kappa shape index (κ3) is 4.30. The number of unbranched alkanes of at least 4 members (excludes halogenated alkanes) is 2. The molecule has 0 aromatic carbocycles. The second-order valence-electron chi connectivity index (χ2n) is 7.78. The summed E-state index contributed by atoms with van der Waals surface area (Å²) in [5.74, 6) is 1.25. The largest absolute Gasteiger partial charge is 0.369 e. The maximum absolute atomic E-state index is 12.9. The first kappa shape index (κ1) is 21.4. The van der Waals surface area contributed by atoms with Crippen molar-refractivity contribution in [1.82, 2.24) is 34.1 Å². The molecule has 1 unspecified atom stereocenters. The summed E-state index contributed by atoms with van der Waals surface area (Å²) in [4.78, 5) is 39.2. The Morgan fingerprint density at radius 1 is 1.19 bits per heavy atom. The average Bonchev–Trinajstić information content (AvgIpc) is 3.47. The van der Waals surface area contributed by atoms with E-state index in [2.05, 4.69) is 26.2 Å². The van der Waals surface area contributed by atoms with Crippen LogP contribution in [0.3, 0.4) is 0 Å². The molecule has 4 rings (SSSR count). The Bertz CT molecular complexity index is 1210. The summed E-state index contributed by atoms with van der Waals surface area (Å²) >= 11 is 5.96. The van der Waals surface area contributed by atoms with E-state index in [4.69, 9.17) is 16.1 Å². The van der Waals surface area contributed by atoms with Crippen LogP contribution in [0.25, 0.3) is 11.2 Å². The molecule has 4 heterocycles. The van der Waals surface area contributed by atoms with Crippen molar-refractivity contribution in [3.05, 3.63) is 50.1 Å². The summed E-state index contributed by atoms with van der Waals surface area (Å²) in [7, 11) is 1.98. The Morgan fingerprint density at radius 3 is 2.74 bits per heavy atom. The molecule has 1 aliphatic rings. The lowest BCUT2D eigenvalue weighted by Gasteiger charge is -2.15. The minimum atomic E-state index is -0.397. The molecule has 3 aromatic rings. The van der Waals surface area contributed by atoms with Gasteiger partial charge in [-0.15, -0.1) is 0 Å². The highest BCUT2D eigenvalue weighted by Gasteiger charge is 2.24. The van der Waals surface area contributed by atoms with Crippen LogP contribution < -0.4 is 11.2 Å². The number of fused-ring (bicyclic) bond motifs is 1. The standard InChI is InChI=1S/C20H26ClN7O3/c1-3-4-11-27-16-15(23-19(21)24-16)18(29)28(20(27)30)12-6-5-9-14-22-17(31-25-14)13-8-7-10-26(13)2/h7,10,13H,3-6,8-9,11-12H2,1-2H3,(H,23,24). The maximum Gasteiger partial charge on any atom is 0.332 e. The van der Waals surface area contributed by atoms with Crippen molar-refractivity contribution >= 4 is 22.8 Å². The minimum absolute atomic E-state index is 0.0920. The van der Waals surface area contributed by atoms with Crippen molar-refractivity contribution in [2.45, 2.75) is 64.6 Å². The number of imidazole rings is 1. The zero-order valence-electron chi connectivity index (χ0n) is 17.7. The predicted octanol–water partition coefficient (Wildman–Crippen LogP) is 2.64. The van der Waals surface area contributed by atoms with Crippen molar-refractivity contribution in [2.24, 2.45) is 0 Å². The summed E-state index contributed by atoms with van der Waals surface area (Å²) in [5.41, 5.74) is -0.174. The number of hydrogen-bond donors (Lipinski definition) is 1. The van der Waals surface area contributed by atoms with Crippen LogP contribution in [0.15, 0.2) is 26.4 Å². The molecule has 31 heavy (non-hydrogen) atoms. The molecular weight excluding hydrogens is 422 g/mol. The molecule has 10 nitrogen and oxygen atoms in total. The van der Waals surface area contributed by atoms with Gasteiger partial charge in [-0.1, -0.05) is 24.6 Å². The van der Waals surface area contributed by atoms with Gasteiger partial charge >= 0.3 is 5.69 Å². The van der Waals surface area contributed by atoms with E-state index in [1.807, 2.05) is 25.1 Å². The quantitative estimate of drug-likeness (QED) is 0.396. The highest BCUT2D eigenvalue weighted by molar-refractivity contribution is 6.28. The summed E-state index contributed by atoms with van der Waals surface area (Å²) < 4.78 is 8.19. The van der Waals surface area contributed by atoms with Crippen molar-refractivity contribution in [3.8, 4) is 0 Å². The number of nitrogens with zero attached hydrogens (tertiary/aromatic N) is 6. The zero-order valence-corrected chi connectivity index (χ0v) is 18.4. The van der Waals surface area contributed by atoms with Crippen LogP contribution >= 0.6 is 11.6 Å². The first-order valence-electron chi connectivity index (χ1n) is 10.6. The molecule has 1 atom stereocenters. The maximum atomic E-state index is 12.9. The minimum Gasteiger partial charge on any atom is -0.369 e. The van der Waals surface area contributed by atoms with Gasteiger partial charge in [0, 0.05) is 26.6 Å². The summed E-state index contributed by atoms with van der Waals surface area (Å²) in [6.07, 6.45) is 8.63. The average molecular weight is 448 g/mol. The number of H-pyrrole nitrogens is 1. The van der Waals surface area contributed by atoms with Crippen LogP contribution in [0.2, 0.25) is 5.28 Å². The lowest BCUT2D eigenvalue weighted by Crippen LogP contribution is -2.40. The summed E-state index contributed by atoms with van der Waals surface area (Å²) in [6, 6.07) is 0.0920. The van der Waals surface area contributed by atoms with Crippen molar-refractivity contribution in [3.63, 3.8) is 0 Å². The Hall–Kier alpha value is -2.88. The Kier molecular flexibility index (Phi) is 6.26. The van der Waals surface area contributed by atoms with E-state index >= 15 is 0 Å². The van der Waals surface area contributed by atoms with E-state index in [1.165, 1.54) is 9.13 Å². The van der Waals surface area contributed by atoms with Gasteiger partial charge in [0.1, 0.15) is 6.04 Å². The lowest BCUT2D eigenvalue weighted by atomic mass is 10.2. The topological polar surface area (TPSA) is 115 Å². The number of nitrogens with one attached hydrogen (secondary N) is 1. The number of halogens is 1. The molecule has 1 aliphatic heterocycles. The molecule has 3 aromatic heterocycles. The molecule has 0 amide bonds. The highest BCUT2D eigenvalue weighted by atomic mass is 35.5. The monoisotopic (exact) mass is 447 g/mol. The summed E-state index contributed by atoms with van der Waals surface area (Å²) in [5, 5.41) is 4.17.